The highest BCUT2D eigenvalue weighted by atomic mass is 32.1. The van der Waals surface area contributed by atoms with Gasteiger partial charge in [0.25, 0.3) is 0 Å². The largest absolute Gasteiger partial charge is 0.380 e. The molecule has 0 unspecified atom stereocenters. The van der Waals surface area contributed by atoms with E-state index in [1.807, 2.05) is 0 Å². The Kier molecular flexibility index (Phi) is 4.43. The minimum absolute atomic E-state index is 0.171. The Bertz CT molecular complexity index is 1140. The van der Waals surface area contributed by atoms with Crippen molar-refractivity contribution in [2.24, 2.45) is 0 Å². The van der Waals surface area contributed by atoms with Crippen LogP contribution in [0.25, 0.3) is 21.6 Å². The van der Waals surface area contributed by atoms with Crippen LogP contribution in [0.2, 0.25) is 0 Å². The van der Waals surface area contributed by atoms with Crippen LogP contribution in [0.4, 0.5) is 26.3 Å². The van der Waals surface area contributed by atoms with E-state index in [1.165, 1.54) is 39.2 Å². The van der Waals surface area contributed by atoms with Crippen molar-refractivity contribution in [3.63, 3.8) is 0 Å². The summed E-state index contributed by atoms with van der Waals surface area (Å²) in [6.07, 6.45) is 2.95. The number of thiophene rings is 1. The standard InChI is InChI=1S/C20H14F6N2OS/c1-9-15(10(2)29-28-9)17-16(18(21,22)20(25,26)19(17,23)24)13-8-14(30-11(13)3)12-4-6-27-7-5-12/h4-8H,1-3H3. The molecule has 0 saturated heterocycles. The number of halogens is 6. The van der Waals surface area contributed by atoms with Gasteiger partial charge in [0, 0.05) is 33.3 Å². The monoisotopic (exact) mass is 444 g/mol. The minimum atomic E-state index is -5.62. The number of allylic oxidation sites excluding steroid dienone is 2. The third kappa shape index (κ3) is 2.59. The Hall–Kier alpha value is -2.62. The van der Waals surface area contributed by atoms with Crippen molar-refractivity contribution in [2.45, 2.75) is 38.5 Å². The molecule has 0 radical (unpaired) electrons. The fraction of sp³-hybridized carbons (Fsp3) is 0.300. The van der Waals surface area contributed by atoms with Crippen LogP contribution in [0.1, 0.15) is 27.5 Å². The van der Waals surface area contributed by atoms with Crippen molar-refractivity contribution < 1.29 is 30.9 Å². The van der Waals surface area contributed by atoms with Gasteiger partial charge in [-0.2, -0.15) is 26.3 Å². The highest BCUT2D eigenvalue weighted by Gasteiger charge is 2.80. The SMILES string of the molecule is Cc1noc(C)c1C1=C(c2cc(-c3ccncc3)sc2C)C(F)(F)C(F)(F)C1(F)F. The molecule has 0 aromatic carbocycles. The van der Waals surface area contributed by atoms with Crippen LogP contribution in [-0.4, -0.2) is 27.9 Å². The van der Waals surface area contributed by atoms with Crippen LogP contribution in [-0.2, 0) is 0 Å². The Labute approximate surface area is 171 Å². The first kappa shape index (κ1) is 20.6. The topological polar surface area (TPSA) is 38.9 Å². The van der Waals surface area contributed by atoms with Gasteiger partial charge < -0.3 is 4.52 Å². The first-order chi connectivity index (χ1) is 13.9. The van der Waals surface area contributed by atoms with Gasteiger partial charge in [-0.25, -0.2) is 0 Å². The van der Waals surface area contributed by atoms with E-state index in [-0.39, 0.29) is 21.9 Å². The fourth-order valence-electron chi connectivity index (χ4n) is 3.64. The third-order valence-electron chi connectivity index (χ3n) is 5.10. The lowest BCUT2D eigenvalue weighted by Gasteiger charge is -2.25. The van der Waals surface area contributed by atoms with Crippen molar-refractivity contribution in [3.8, 4) is 10.4 Å². The smallest absolute Gasteiger partial charge is 0.361 e. The number of aryl methyl sites for hydroxylation is 3. The molecule has 0 spiro atoms. The second kappa shape index (κ2) is 6.44. The van der Waals surface area contributed by atoms with E-state index in [2.05, 4.69) is 10.1 Å². The molecular formula is C20H14F6N2OS. The predicted molar refractivity (Wildman–Crippen MR) is 99.9 cm³/mol. The van der Waals surface area contributed by atoms with E-state index in [9.17, 15) is 26.3 Å². The quantitative estimate of drug-likeness (QED) is 0.430. The molecule has 0 atom stereocenters. The molecule has 0 N–H and O–H groups in total. The summed E-state index contributed by atoms with van der Waals surface area (Å²) in [7, 11) is 0. The summed E-state index contributed by atoms with van der Waals surface area (Å²) >= 11 is 1.04. The number of pyridine rings is 1. The summed E-state index contributed by atoms with van der Waals surface area (Å²) in [6.45, 7) is 3.88. The van der Waals surface area contributed by atoms with Gasteiger partial charge in [0.05, 0.1) is 11.3 Å². The molecule has 3 aromatic rings. The summed E-state index contributed by atoms with van der Waals surface area (Å²) < 4.78 is 93.1. The summed E-state index contributed by atoms with van der Waals surface area (Å²) in [4.78, 5) is 4.53. The minimum Gasteiger partial charge on any atom is -0.361 e. The Balaban J connectivity index is 2.07. The van der Waals surface area contributed by atoms with E-state index >= 15 is 0 Å². The maximum Gasteiger partial charge on any atom is 0.380 e. The van der Waals surface area contributed by atoms with Crippen molar-refractivity contribution in [3.05, 3.63) is 58.1 Å². The van der Waals surface area contributed by atoms with Gasteiger partial charge in [-0.1, -0.05) is 5.16 Å². The molecule has 4 rings (SSSR count). The molecule has 0 bridgehead atoms. The predicted octanol–water partition coefficient (Wildman–Crippen LogP) is 6.55. The van der Waals surface area contributed by atoms with Crippen molar-refractivity contribution >= 4 is 22.5 Å². The molecule has 0 fully saturated rings. The zero-order valence-corrected chi connectivity index (χ0v) is 16.7. The van der Waals surface area contributed by atoms with Gasteiger partial charge in [-0.3, -0.25) is 4.98 Å². The average molecular weight is 444 g/mol. The maximum absolute atomic E-state index is 14.9. The maximum atomic E-state index is 14.9. The molecule has 0 saturated carbocycles. The van der Waals surface area contributed by atoms with Crippen molar-refractivity contribution in [1.29, 1.82) is 0 Å². The number of alkyl halides is 6. The van der Waals surface area contributed by atoms with Gasteiger partial charge in [-0.15, -0.1) is 11.3 Å². The van der Waals surface area contributed by atoms with E-state index in [0.717, 1.165) is 11.3 Å². The van der Waals surface area contributed by atoms with E-state index in [4.69, 9.17) is 4.52 Å². The Morgan fingerprint density at radius 2 is 1.50 bits per heavy atom. The van der Waals surface area contributed by atoms with E-state index in [1.54, 1.807) is 12.1 Å². The molecule has 3 heterocycles. The van der Waals surface area contributed by atoms with Gasteiger partial charge in [0.1, 0.15) is 5.76 Å². The molecular weight excluding hydrogens is 430 g/mol. The molecule has 1 aliphatic rings. The van der Waals surface area contributed by atoms with Crippen LogP contribution in [0.15, 0.2) is 35.1 Å². The number of rotatable bonds is 3. The zero-order valence-electron chi connectivity index (χ0n) is 15.9. The van der Waals surface area contributed by atoms with Crippen molar-refractivity contribution in [2.75, 3.05) is 0 Å². The van der Waals surface area contributed by atoms with Crippen LogP contribution >= 0.6 is 11.3 Å². The fourth-order valence-corrected chi connectivity index (χ4v) is 4.67. The average Bonchev–Trinajstić information content (AvgIpc) is 3.24. The van der Waals surface area contributed by atoms with Crippen LogP contribution in [0.3, 0.4) is 0 Å². The van der Waals surface area contributed by atoms with Gasteiger partial charge in [0.2, 0.25) is 0 Å². The highest BCUT2D eigenvalue weighted by molar-refractivity contribution is 7.15. The number of aromatic nitrogens is 2. The molecule has 0 aliphatic heterocycles. The van der Waals surface area contributed by atoms with Gasteiger partial charge in [0.15, 0.2) is 0 Å². The number of hydrogen-bond acceptors (Lipinski definition) is 4. The number of hydrogen-bond donors (Lipinski definition) is 0. The lowest BCUT2D eigenvalue weighted by molar-refractivity contribution is -0.254. The second-order valence-corrected chi connectivity index (χ2v) is 8.25. The zero-order chi connectivity index (χ0) is 22.1. The Morgan fingerprint density at radius 3 is 2.07 bits per heavy atom. The van der Waals surface area contributed by atoms with E-state index < -0.39 is 34.5 Å². The molecule has 3 nitrogen and oxygen atoms in total. The molecule has 3 aromatic heterocycles. The molecule has 158 valence electrons. The summed E-state index contributed by atoms with van der Waals surface area (Å²) in [5, 5.41) is 3.49. The molecule has 0 amide bonds. The first-order valence-corrected chi connectivity index (χ1v) is 9.56. The van der Waals surface area contributed by atoms with Crippen LogP contribution in [0, 0.1) is 20.8 Å². The molecule has 30 heavy (non-hydrogen) atoms. The summed E-state index contributed by atoms with van der Waals surface area (Å²) in [6, 6.07) is 4.44. The molecule has 1 aliphatic carbocycles. The van der Waals surface area contributed by atoms with E-state index in [0.29, 0.717) is 10.4 Å². The lowest BCUT2D eigenvalue weighted by atomic mass is 9.93. The second-order valence-electron chi connectivity index (χ2n) is 6.99. The highest BCUT2D eigenvalue weighted by Crippen LogP contribution is 2.65. The van der Waals surface area contributed by atoms with Crippen molar-refractivity contribution in [1.82, 2.24) is 10.1 Å². The first-order valence-electron chi connectivity index (χ1n) is 8.74. The Morgan fingerprint density at radius 1 is 0.900 bits per heavy atom. The lowest BCUT2D eigenvalue weighted by Crippen LogP contribution is -2.49. The summed E-state index contributed by atoms with van der Waals surface area (Å²) in [5.74, 6) is -16.1. The van der Waals surface area contributed by atoms with Gasteiger partial charge in [-0.05, 0) is 50.1 Å². The summed E-state index contributed by atoms with van der Waals surface area (Å²) in [5.41, 5.74) is -3.30. The normalized spacial score (nSPS) is 19.5. The van der Waals surface area contributed by atoms with Crippen LogP contribution in [0.5, 0.6) is 0 Å². The van der Waals surface area contributed by atoms with Crippen LogP contribution < -0.4 is 0 Å². The third-order valence-corrected chi connectivity index (χ3v) is 6.20. The molecule has 10 heteroatoms. The number of nitrogens with zero attached hydrogens (tertiary/aromatic N) is 2. The van der Waals surface area contributed by atoms with Gasteiger partial charge >= 0.3 is 17.8 Å².